The first-order chi connectivity index (χ1) is 24.8. The molecule has 0 atom stereocenters. The summed E-state index contributed by atoms with van der Waals surface area (Å²) in [7, 11) is 0. The van der Waals surface area contributed by atoms with Gasteiger partial charge in [0.15, 0.2) is 0 Å². The van der Waals surface area contributed by atoms with Gasteiger partial charge in [0, 0.05) is 11.1 Å². The zero-order valence-electron chi connectivity index (χ0n) is 27.5. The number of allylic oxidation sites excluding steroid dienone is 6. The normalized spacial score (nSPS) is 15.5. The standard InChI is InChI=1S/C40H19F9N4/c1-18-12-21(14-27(20(18)3)38(41,42)43)23-8-6-10-25-31(23)35-34(30(17-51)53-5)26-11-7-9-24(32(26)36(35)33(25)29(16-50)52-4)22-13-19(2)37(40(47,48)49)28(15-22)39(44,45)46/h6-15H,1-3H3/b33-29-,34-30+. The highest BCUT2D eigenvalue weighted by atomic mass is 19.4. The first-order valence-electron chi connectivity index (χ1n) is 15.3. The van der Waals surface area contributed by atoms with Crippen LogP contribution in [0, 0.1) is 56.6 Å². The molecule has 0 aliphatic heterocycles. The fourth-order valence-corrected chi connectivity index (χ4v) is 7.18. The maximum Gasteiger partial charge on any atom is 0.417 e. The summed E-state index contributed by atoms with van der Waals surface area (Å²) in [5.74, 6) is 0. The average molecular weight is 727 g/mol. The number of rotatable bonds is 2. The van der Waals surface area contributed by atoms with Crippen LogP contribution < -0.4 is 0 Å². The predicted octanol–water partition coefficient (Wildman–Crippen LogP) is 12.2. The summed E-state index contributed by atoms with van der Waals surface area (Å²) in [6, 6.07) is 15.9. The van der Waals surface area contributed by atoms with Gasteiger partial charge >= 0.3 is 18.5 Å². The zero-order chi connectivity index (χ0) is 38.9. The van der Waals surface area contributed by atoms with E-state index in [0.717, 1.165) is 19.1 Å². The Labute approximate surface area is 296 Å². The maximum absolute atomic E-state index is 14.3. The van der Waals surface area contributed by atoms with Crippen molar-refractivity contribution < 1.29 is 39.5 Å². The molecule has 0 unspecified atom stereocenters. The van der Waals surface area contributed by atoms with Gasteiger partial charge in [-0.1, -0.05) is 48.5 Å². The number of halogens is 9. The molecule has 2 aliphatic carbocycles. The third-order valence-corrected chi connectivity index (χ3v) is 9.35. The second kappa shape index (κ2) is 12.3. The van der Waals surface area contributed by atoms with Crippen molar-refractivity contribution in [2.75, 3.05) is 0 Å². The van der Waals surface area contributed by atoms with Gasteiger partial charge in [-0.3, -0.25) is 0 Å². The van der Waals surface area contributed by atoms with Gasteiger partial charge in [-0.15, -0.1) is 0 Å². The molecular weight excluding hydrogens is 707 g/mol. The van der Waals surface area contributed by atoms with E-state index in [9.17, 15) is 50.0 Å². The quantitative estimate of drug-likeness (QED) is 0.117. The first kappa shape index (κ1) is 36.2. The summed E-state index contributed by atoms with van der Waals surface area (Å²) < 4.78 is 127. The van der Waals surface area contributed by atoms with Gasteiger partial charge in [-0.05, 0) is 105 Å². The molecule has 0 aromatic heterocycles. The van der Waals surface area contributed by atoms with E-state index < -0.39 is 52.2 Å². The van der Waals surface area contributed by atoms with Crippen LogP contribution in [0.1, 0.15) is 55.6 Å². The van der Waals surface area contributed by atoms with E-state index in [-0.39, 0.29) is 77.9 Å². The summed E-state index contributed by atoms with van der Waals surface area (Å²) in [5, 5.41) is 20.3. The van der Waals surface area contributed by atoms with Crippen molar-refractivity contribution in [3.63, 3.8) is 0 Å². The van der Waals surface area contributed by atoms with Gasteiger partial charge in [0.1, 0.15) is 0 Å². The molecule has 0 amide bonds. The number of nitrogens with zero attached hydrogens (tertiary/aromatic N) is 4. The Morgan fingerprint density at radius 3 is 1.34 bits per heavy atom. The summed E-state index contributed by atoms with van der Waals surface area (Å²) in [6.45, 7) is 19.4. The summed E-state index contributed by atoms with van der Waals surface area (Å²) in [4.78, 5) is 6.75. The van der Waals surface area contributed by atoms with Gasteiger partial charge in [0.05, 0.1) is 42.0 Å². The van der Waals surface area contributed by atoms with Crippen molar-refractivity contribution in [1.82, 2.24) is 0 Å². The molecule has 2 aliphatic rings. The third-order valence-electron chi connectivity index (χ3n) is 9.35. The molecule has 6 rings (SSSR count). The van der Waals surface area contributed by atoms with Crippen molar-refractivity contribution in [2.24, 2.45) is 0 Å². The van der Waals surface area contributed by atoms with E-state index in [2.05, 4.69) is 9.69 Å². The number of benzene rings is 4. The Bertz CT molecular complexity index is 2550. The van der Waals surface area contributed by atoms with E-state index in [1.807, 2.05) is 0 Å². The van der Waals surface area contributed by atoms with Gasteiger partial charge in [0.2, 0.25) is 0 Å². The molecule has 0 heterocycles. The molecule has 0 radical (unpaired) electrons. The topological polar surface area (TPSA) is 56.3 Å². The predicted molar refractivity (Wildman–Crippen MR) is 178 cm³/mol. The van der Waals surface area contributed by atoms with E-state index in [1.54, 1.807) is 12.1 Å². The van der Waals surface area contributed by atoms with Crippen LogP contribution >= 0.6 is 0 Å². The molecule has 0 saturated heterocycles. The number of fused-ring (bicyclic) bond motifs is 4. The Morgan fingerprint density at radius 1 is 0.566 bits per heavy atom. The maximum atomic E-state index is 14.3. The molecule has 262 valence electrons. The lowest BCUT2D eigenvalue weighted by molar-refractivity contribution is -0.162. The van der Waals surface area contributed by atoms with Crippen molar-refractivity contribution in [3.05, 3.63) is 151 Å². The van der Waals surface area contributed by atoms with Crippen molar-refractivity contribution >= 4 is 22.3 Å². The van der Waals surface area contributed by atoms with Gasteiger partial charge in [-0.25, -0.2) is 20.2 Å². The minimum absolute atomic E-state index is 0.0167. The van der Waals surface area contributed by atoms with Crippen molar-refractivity contribution in [3.8, 4) is 34.4 Å². The highest BCUT2D eigenvalue weighted by Crippen LogP contribution is 2.63. The van der Waals surface area contributed by atoms with Crippen LogP contribution in [0.5, 0.6) is 0 Å². The molecule has 0 N–H and O–H groups in total. The Kier molecular flexibility index (Phi) is 8.40. The van der Waals surface area contributed by atoms with Crippen LogP contribution in [0.4, 0.5) is 39.5 Å². The second-order valence-corrected chi connectivity index (χ2v) is 12.3. The smallest absolute Gasteiger partial charge is 0.226 e. The Balaban J connectivity index is 1.82. The van der Waals surface area contributed by atoms with Crippen LogP contribution in [0.3, 0.4) is 0 Å². The van der Waals surface area contributed by atoms with Gasteiger partial charge in [-0.2, -0.15) is 39.5 Å². The highest BCUT2D eigenvalue weighted by Gasteiger charge is 2.46. The lowest BCUT2D eigenvalue weighted by Gasteiger charge is -2.21. The van der Waals surface area contributed by atoms with E-state index in [4.69, 9.17) is 13.1 Å². The van der Waals surface area contributed by atoms with Crippen molar-refractivity contribution in [2.45, 2.75) is 39.3 Å². The fraction of sp³-hybridized carbons (Fsp3) is 0.150. The molecule has 4 aromatic rings. The largest absolute Gasteiger partial charge is 0.417 e. The molecule has 13 heteroatoms. The summed E-state index contributed by atoms with van der Waals surface area (Å²) >= 11 is 0. The third kappa shape index (κ3) is 5.62. The average Bonchev–Trinajstić information content (AvgIpc) is 3.58. The number of aryl methyl sites for hydroxylation is 2. The van der Waals surface area contributed by atoms with Crippen LogP contribution in [0.25, 0.3) is 54.2 Å². The lowest BCUT2D eigenvalue weighted by Crippen LogP contribution is -2.18. The minimum atomic E-state index is -5.44. The Morgan fingerprint density at radius 2 is 0.962 bits per heavy atom. The number of nitriles is 2. The SMILES string of the molecule is [C-]#[N+]/C(C#N)=C1C2=C(/C(=C(\C#N)[N+]#[C-])c3cccc(-c4cc(C)c(C(F)(F)F)c(C(F)(F)F)c4)c32)c2c\1cccc2-c1cc(C)c(C)c(C(F)(F)F)c1. The Hall–Kier alpha value is -6.57. The highest BCUT2D eigenvalue weighted by molar-refractivity contribution is 6.39. The molecule has 0 bridgehead atoms. The fourth-order valence-electron chi connectivity index (χ4n) is 7.18. The number of alkyl halides is 9. The van der Waals surface area contributed by atoms with Crippen molar-refractivity contribution in [1.29, 1.82) is 10.5 Å². The first-order valence-corrected chi connectivity index (χ1v) is 15.3. The molecule has 0 spiro atoms. The lowest BCUT2D eigenvalue weighted by atomic mass is 9.84. The van der Waals surface area contributed by atoms with Crippen LogP contribution in [0.15, 0.2) is 72.1 Å². The summed E-state index contributed by atoms with van der Waals surface area (Å²) in [5.41, 5.74) is -6.13. The van der Waals surface area contributed by atoms with Crippen LogP contribution in [0.2, 0.25) is 0 Å². The summed E-state index contributed by atoms with van der Waals surface area (Å²) in [6.07, 6.45) is -15.6. The van der Waals surface area contributed by atoms with E-state index in [1.165, 1.54) is 56.3 Å². The van der Waals surface area contributed by atoms with E-state index >= 15 is 0 Å². The van der Waals surface area contributed by atoms with Gasteiger partial charge in [0.25, 0.3) is 11.4 Å². The molecule has 53 heavy (non-hydrogen) atoms. The van der Waals surface area contributed by atoms with Crippen LogP contribution in [-0.2, 0) is 18.5 Å². The minimum Gasteiger partial charge on any atom is -0.226 e. The molecule has 4 aromatic carbocycles. The number of hydrogen-bond donors (Lipinski definition) is 0. The molecule has 0 saturated carbocycles. The molecule has 0 fully saturated rings. The van der Waals surface area contributed by atoms with Gasteiger partial charge < -0.3 is 0 Å². The van der Waals surface area contributed by atoms with Crippen LogP contribution in [-0.4, -0.2) is 0 Å². The monoisotopic (exact) mass is 726 g/mol. The molecule has 4 nitrogen and oxygen atoms in total. The number of hydrogen-bond acceptors (Lipinski definition) is 2. The van der Waals surface area contributed by atoms with E-state index in [0.29, 0.717) is 6.07 Å². The zero-order valence-corrected chi connectivity index (χ0v) is 27.5. The molecular formula is C40H19F9N4. The second-order valence-electron chi connectivity index (χ2n) is 12.3.